The Morgan fingerprint density at radius 3 is 2.78 bits per heavy atom. The number of nitrogens with zero attached hydrogens (tertiary/aromatic N) is 2. The van der Waals surface area contributed by atoms with Crippen LogP contribution in [0.1, 0.15) is 46.5 Å². The van der Waals surface area contributed by atoms with E-state index in [1.807, 2.05) is 18.2 Å². The molecule has 1 aromatic carbocycles. The van der Waals surface area contributed by atoms with Crippen molar-refractivity contribution in [1.29, 1.82) is 0 Å². The number of likely N-dealkylation sites (tertiary alicyclic amines) is 1. The number of hydrogen-bond acceptors (Lipinski definition) is 4. The monoisotopic (exact) mass is 311 g/mol. The molecule has 1 saturated heterocycles. The molecule has 1 aliphatic carbocycles. The van der Waals surface area contributed by atoms with Gasteiger partial charge in [-0.2, -0.15) is 0 Å². The zero-order chi connectivity index (χ0) is 15.8. The molecule has 4 rings (SSSR count). The number of carbonyl (C=O) groups is 1. The molecule has 2 aliphatic rings. The Bertz CT molecular complexity index is 693. The van der Waals surface area contributed by atoms with Gasteiger partial charge < -0.3 is 14.7 Å². The lowest BCUT2D eigenvalue weighted by atomic mass is 9.94. The van der Waals surface area contributed by atoms with Crippen LogP contribution in [-0.4, -0.2) is 42.1 Å². The summed E-state index contributed by atoms with van der Waals surface area (Å²) >= 11 is 0. The quantitative estimate of drug-likeness (QED) is 0.942. The van der Waals surface area contributed by atoms with Gasteiger partial charge >= 0.3 is 0 Å². The highest BCUT2D eigenvalue weighted by atomic mass is 16.5. The van der Waals surface area contributed by atoms with Crippen LogP contribution in [0.3, 0.4) is 0 Å². The van der Waals surface area contributed by atoms with Crippen molar-refractivity contribution in [2.45, 2.75) is 30.7 Å². The Morgan fingerprint density at radius 2 is 2.04 bits per heavy atom. The Labute approximate surface area is 135 Å². The molecule has 1 aromatic heterocycles. The van der Waals surface area contributed by atoms with Crippen LogP contribution >= 0.6 is 0 Å². The maximum absolute atomic E-state index is 12.5. The number of nitrogens with one attached hydrogen (secondary N) is 1. The molecule has 1 saturated carbocycles. The number of carbonyl (C=O) groups excluding carboxylic acids is 1. The summed E-state index contributed by atoms with van der Waals surface area (Å²) in [6, 6.07) is 12.3. The minimum atomic E-state index is -0.137. The zero-order valence-corrected chi connectivity index (χ0v) is 13.2. The van der Waals surface area contributed by atoms with Gasteiger partial charge in [-0.3, -0.25) is 4.79 Å². The van der Waals surface area contributed by atoms with E-state index in [9.17, 15) is 4.79 Å². The minimum absolute atomic E-state index is 0.0935. The van der Waals surface area contributed by atoms with Crippen LogP contribution in [0.15, 0.2) is 40.9 Å². The highest BCUT2D eigenvalue weighted by Gasteiger charge is 2.34. The number of likely N-dealkylation sites (N-methyl/N-ethyl adjacent to an activating group) is 1. The number of amides is 1. The van der Waals surface area contributed by atoms with E-state index >= 15 is 0 Å². The number of rotatable bonds is 4. The Hall–Kier alpha value is -2.14. The largest absolute Gasteiger partial charge is 0.360 e. The third-order valence-electron chi connectivity index (χ3n) is 4.79. The first-order valence-electron chi connectivity index (χ1n) is 8.21. The average molecular weight is 311 g/mol. The first-order valence-corrected chi connectivity index (χ1v) is 8.21. The number of aromatic nitrogens is 1. The summed E-state index contributed by atoms with van der Waals surface area (Å²) in [6.07, 6.45) is 2.28. The lowest BCUT2D eigenvalue weighted by Crippen LogP contribution is -2.39. The summed E-state index contributed by atoms with van der Waals surface area (Å²) in [7, 11) is 2.09. The lowest BCUT2D eigenvalue weighted by molar-refractivity contribution is 0.0926. The van der Waals surface area contributed by atoms with Crippen LogP contribution in [0.25, 0.3) is 0 Å². The van der Waals surface area contributed by atoms with Crippen molar-refractivity contribution < 1.29 is 9.32 Å². The molecule has 5 heteroatoms. The van der Waals surface area contributed by atoms with Gasteiger partial charge in [0, 0.05) is 37.0 Å². The molecule has 0 radical (unpaired) electrons. The Kier molecular flexibility index (Phi) is 3.65. The molecule has 0 spiro atoms. The summed E-state index contributed by atoms with van der Waals surface area (Å²) in [5, 5.41) is 7.08. The maximum atomic E-state index is 12.5. The fourth-order valence-electron chi connectivity index (χ4n) is 3.38. The summed E-state index contributed by atoms with van der Waals surface area (Å²) in [4.78, 5) is 14.7. The maximum Gasteiger partial charge on any atom is 0.273 e. The van der Waals surface area contributed by atoms with E-state index in [1.54, 1.807) is 6.07 Å². The molecule has 2 aromatic rings. The van der Waals surface area contributed by atoms with Gasteiger partial charge in [-0.1, -0.05) is 35.5 Å². The molecule has 0 unspecified atom stereocenters. The van der Waals surface area contributed by atoms with Crippen LogP contribution in [0, 0.1) is 0 Å². The topological polar surface area (TPSA) is 58.4 Å². The standard InChI is InChI=1S/C18H21N3O2/c1-21-10-14(12-5-3-2-4-6-12)16(11-21)19-18(22)15-9-17(23-20-15)13-7-8-13/h2-6,9,13-14,16H,7-8,10-11H2,1H3,(H,19,22)/t14-,16-/m0/s1. The first-order chi connectivity index (χ1) is 11.2. The van der Waals surface area contributed by atoms with Crippen molar-refractivity contribution >= 4 is 5.91 Å². The first kappa shape index (κ1) is 14.5. The van der Waals surface area contributed by atoms with Gasteiger partial charge in [0.2, 0.25) is 0 Å². The number of hydrogen-bond donors (Lipinski definition) is 1. The van der Waals surface area contributed by atoms with E-state index in [0.29, 0.717) is 17.5 Å². The predicted octanol–water partition coefficient (Wildman–Crippen LogP) is 2.38. The second-order valence-corrected chi connectivity index (χ2v) is 6.71. The fraction of sp³-hybridized carbons (Fsp3) is 0.444. The molecule has 2 fully saturated rings. The molecule has 1 aliphatic heterocycles. The van der Waals surface area contributed by atoms with Crippen LogP contribution < -0.4 is 5.32 Å². The van der Waals surface area contributed by atoms with Crippen molar-refractivity contribution in [1.82, 2.24) is 15.4 Å². The van der Waals surface area contributed by atoms with Gasteiger partial charge in [0.25, 0.3) is 5.91 Å². The number of benzene rings is 1. The molecular formula is C18H21N3O2. The van der Waals surface area contributed by atoms with Crippen LogP contribution in [-0.2, 0) is 0 Å². The van der Waals surface area contributed by atoms with Crippen molar-refractivity contribution in [2.24, 2.45) is 0 Å². The lowest BCUT2D eigenvalue weighted by Gasteiger charge is -2.19. The predicted molar refractivity (Wildman–Crippen MR) is 86.4 cm³/mol. The second-order valence-electron chi connectivity index (χ2n) is 6.71. The molecule has 2 atom stereocenters. The van der Waals surface area contributed by atoms with Crippen molar-refractivity contribution in [3.63, 3.8) is 0 Å². The van der Waals surface area contributed by atoms with Gasteiger partial charge in [-0.05, 0) is 25.5 Å². The molecular weight excluding hydrogens is 290 g/mol. The Morgan fingerprint density at radius 1 is 1.26 bits per heavy atom. The van der Waals surface area contributed by atoms with Crippen molar-refractivity contribution in [3.05, 3.63) is 53.4 Å². The van der Waals surface area contributed by atoms with E-state index in [4.69, 9.17) is 4.52 Å². The fourth-order valence-corrected chi connectivity index (χ4v) is 3.38. The normalized spacial score (nSPS) is 24.7. The van der Waals surface area contributed by atoms with Gasteiger partial charge in [0.05, 0.1) is 0 Å². The molecule has 1 N–H and O–H groups in total. The van der Waals surface area contributed by atoms with E-state index in [-0.39, 0.29) is 11.9 Å². The van der Waals surface area contributed by atoms with Gasteiger partial charge in [0.1, 0.15) is 5.76 Å². The van der Waals surface area contributed by atoms with E-state index < -0.39 is 0 Å². The molecule has 120 valence electrons. The Balaban J connectivity index is 1.48. The third kappa shape index (κ3) is 3.01. The molecule has 23 heavy (non-hydrogen) atoms. The molecule has 1 amide bonds. The highest BCUT2D eigenvalue weighted by molar-refractivity contribution is 5.92. The second kappa shape index (κ2) is 5.81. The minimum Gasteiger partial charge on any atom is -0.360 e. The van der Waals surface area contributed by atoms with Crippen LogP contribution in [0.5, 0.6) is 0 Å². The smallest absolute Gasteiger partial charge is 0.273 e. The zero-order valence-electron chi connectivity index (χ0n) is 13.2. The van der Waals surface area contributed by atoms with Gasteiger partial charge in [0.15, 0.2) is 5.69 Å². The molecule has 2 heterocycles. The highest BCUT2D eigenvalue weighted by Crippen LogP contribution is 2.40. The summed E-state index contributed by atoms with van der Waals surface area (Å²) in [5.41, 5.74) is 1.66. The van der Waals surface area contributed by atoms with Crippen molar-refractivity contribution in [3.8, 4) is 0 Å². The van der Waals surface area contributed by atoms with Crippen LogP contribution in [0.4, 0.5) is 0 Å². The molecule has 0 bridgehead atoms. The average Bonchev–Trinajstić information content (AvgIpc) is 3.17. The van der Waals surface area contributed by atoms with E-state index in [1.165, 1.54) is 5.56 Å². The summed E-state index contributed by atoms with van der Waals surface area (Å²) < 4.78 is 5.29. The van der Waals surface area contributed by atoms with Crippen LogP contribution in [0.2, 0.25) is 0 Å². The van der Waals surface area contributed by atoms with Gasteiger partial charge in [-0.15, -0.1) is 0 Å². The van der Waals surface area contributed by atoms with Gasteiger partial charge in [-0.25, -0.2) is 0 Å². The van der Waals surface area contributed by atoms with Crippen molar-refractivity contribution in [2.75, 3.05) is 20.1 Å². The van der Waals surface area contributed by atoms with E-state index in [2.05, 4.69) is 34.6 Å². The molecule has 5 nitrogen and oxygen atoms in total. The van der Waals surface area contributed by atoms with E-state index in [0.717, 1.165) is 31.7 Å². The third-order valence-corrected chi connectivity index (χ3v) is 4.79. The SMILES string of the molecule is CN1C[C@H](NC(=O)c2cc(C3CC3)on2)[C@H](c2ccccc2)C1. The summed E-state index contributed by atoms with van der Waals surface area (Å²) in [6.45, 7) is 1.79. The summed E-state index contributed by atoms with van der Waals surface area (Å²) in [5.74, 6) is 1.49.